The van der Waals surface area contributed by atoms with Gasteiger partial charge in [-0.25, -0.2) is 0 Å². The topological polar surface area (TPSA) is 34.3 Å². The number of ether oxygens (including phenoxy) is 3. The summed E-state index contributed by atoms with van der Waals surface area (Å²) in [5.41, 5.74) is 0. The number of unbranched alkanes of at least 4 members (excludes halogenated alkanes) is 12. The van der Waals surface area contributed by atoms with E-state index in [1.807, 2.05) is 0 Å². The second kappa shape index (κ2) is 16.1. The molecule has 0 amide bonds. The average Bonchev–Trinajstić information content (AvgIpc) is 3.62. The molecule has 2 aliphatic heterocycles. The van der Waals surface area contributed by atoms with E-state index >= 15 is 0 Å². The van der Waals surface area contributed by atoms with Crippen LogP contribution >= 0.6 is 0 Å². The van der Waals surface area contributed by atoms with Gasteiger partial charge >= 0.3 is 0 Å². The molecule has 29 heavy (non-hydrogen) atoms. The van der Waals surface area contributed by atoms with Crippen LogP contribution in [0, 0.1) is 0 Å². The Kier molecular flexibility index (Phi) is 13.7. The van der Waals surface area contributed by atoms with Crippen molar-refractivity contribution in [1.82, 2.24) is 0 Å². The van der Waals surface area contributed by atoms with E-state index < -0.39 is 0 Å². The van der Waals surface area contributed by atoms with E-state index in [1.165, 1.54) is 77.0 Å². The van der Waals surface area contributed by atoms with Crippen molar-refractivity contribution in [2.75, 3.05) is 13.2 Å². The first-order chi connectivity index (χ1) is 14.3. The van der Waals surface area contributed by atoms with Gasteiger partial charge < -0.3 is 14.2 Å². The van der Waals surface area contributed by atoms with Crippen LogP contribution in [0.15, 0.2) is 24.3 Å². The van der Waals surface area contributed by atoms with E-state index in [4.69, 9.17) is 14.2 Å². The minimum absolute atomic E-state index is 0.0722. The molecule has 2 heterocycles. The molecule has 0 spiro atoms. The van der Waals surface area contributed by atoms with Crippen molar-refractivity contribution >= 4 is 0 Å². The predicted octanol–water partition coefficient (Wildman–Crippen LogP) is 7.15. The summed E-state index contributed by atoms with van der Waals surface area (Å²) in [6.07, 6.45) is 28.2. The highest BCUT2D eigenvalue weighted by atomic mass is 16.6. The quantitative estimate of drug-likeness (QED) is 0.122. The average molecular weight is 407 g/mol. The monoisotopic (exact) mass is 406 g/mol. The van der Waals surface area contributed by atoms with Crippen molar-refractivity contribution in [3.8, 4) is 0 Å². The molecule has 2 aliphatic rings. The molecule has 3 nitrogen and oxygen atoms in total. The van der Waals surface area contributed by atoms with Gasteiger partial charge in [0, 0.05) is 0 Å². The minimum atomic E-state index is 0.0722. The number of hydrogen-bond donors (Lipinski definition) is 0. The lowest BCUT2D eigenvalue weighted by molar-refractivity contribution is 0.0113. The Labute approximate surface area is 180 Å². The summed E-state index contributed by atoms with van der Waals surface area (Å²) in [6, 6.07) is 0. The maximum absolute atomic E-state index is 6.39. The first-order valence-electron chi connectivity index (χ1n) is 12.6. The molecule has 0 aromatic rings. The van der Waals surface area contributed by atoms with Crippen LogP contribution in [0.3, 0.4) is 0 Å². The fraction of sp³-hybridized carbons (Fsp3) is 0.846. The zero-order valence-corrected chi connectivity index (χ0v) is 19.2. The molecule has 0 N–H and O–H groups in total. The molecular weight excluding hydrogens is 360 g/mol. The van der Waals surface area contributed by atoms with Crippen molar-refractivity contribution in [1.29, 1.82) is 0 Å². The normalized spacial score (nSPS) is 23.1. The van der Waals surface area contributed by atoms with E-state index in [1.54, 1.807) is 0 Å². The molecule has 0 radical (unpaired) electrons. The molecule has 4 atom stereocenters. The lowest BCUT2D eigenvalue weighted by Gasteiger charge is -2.18. The standard InChI is InChI=1S/C26H46O3/c1-3-5-7-9-11-13-15-17-19-23(25-21-27-25)29-24(26-22-28-26)20-18-16-14-12-10-8-6-4-2/h17-20,23-26H,3-16,21-22H2,1-2H3. The van der Waals surface area contributed by atoms with Crippen LogP contribution in [0.25, 0.3) is 0 Å². The van der Waals surface area contributed by atoms with Crippen LogP contribution in [0.1, 0.15) is 104 Å². The Morgan fingerprint density at radius 1 is 0.655 bits per heavy atom. The molecule has 2 fully saturated rings. The Morgan fingerprint density at radius 2 is 1.03 bits per heavy atom. The smallest absolute Gasteiger partial charge is 0.111 e. The first-order valence-corrected chi connectivity index (χ1v) is 12.6. The molecule has 3 heteroatoms. The molecule has 0 aromatic heterocycles. The summed E-state index contributed by atoms with van der Waals surface area (Å²) >= 11 is 0. The van der Waals surface area contributed by atoms with Crippen molar-refractivity contribution in [2.24, 2.45) is 0 Å². The van der Waals surface area contributed by atoms with Crippen LogP contribution in [0.5, 0.6) is 0 Å². The third-order valence-electron chi connectivity index (χ3n) is 5.87. The molecule has 0 bridgehead atoms. The highest BCUT2D eigenvalue weighted by Crippen LogP contribution is 2.26. The molecule has 2 saturated heterocycles. The van der Waals surface area contributed by atoms with E-state index in [2.05, 4.69) is 38.2 Å². The van der Waals surface area contributed by atoms with Crippen LogP contribution in [-0.4, -0.2) is 37.6 Å². The largest absolute Gasteiger partial charge is 0.370 e. The zero-order chi connectivity index (χ0) is 20.6. The van der Waals surface area contributed by atoms with Crippen molar-refractivity contribution in [3.05, 3.63) is 24.3 Å². The third kappa shape index (κ3) is 12.6. The number of epoxide rings is 2. The molecule has 0 aliphatic carbocycles. The van der Waals surface area contributed by atoms with E-state index in [-0.39, 0.29) is 24.4 Å². The van der Waals surface area contributed by atoms with Crippen LogP contribution in [0.2, 0.25) is 0 Å². The summed E-state index contributed by atoms with van der Waals surface area (Å²) in [7, 11) is 0. The fourth-order valence-corrected chi connectivity index (χ4v) is 3.73. The molecule has 0 saturated carbocycles. The highest BCUT2D eigenvalue weighted by Gasteiger charge is 2.38. The Morgan fingerprint density at radius 3 is 1.41 bits per heavy atom. The van der Waals surface area contributed by atoms with Gasteiger partial charge in [0.2, 0.25) is 0 Å². The van der Waals surface area contributed by atoms with Gasteiger partial charge in [-0.15, -0.1) is 0 Å². The third-order valence-corrected chi connectivity index (χ3v) is 5.87. The molecular formula is C26H46O3. The fourth-order valence-electron chi connectivity index (χ4n) is 3.73. The summed E-state index contributed by atoms with van der Waals surface area (Å²) in [5, 5.41) is 0. The second-order valence-corrected chi connectivity index (χ2v) is 8.78. The van der Waals surface area contributed by atoms with Gasteiger partial charge in [0.15, 0.2) is 0 Å². The lowest BCUT2D eigenvalue weighted by Crippen LogP contribution is -2.27. The van der Waals surface area contributed by atoms with Gasteiger partial charge in [0.1, 0.15) is 24.4 Å². The van der Waals surface area contributed by atoms with E-state index in [9.17, 15) is 0 Å². The van der Waals surface area contributed by atoms with Crippen molar-refractivity contribution in [2.45, 2.75) is 128 Å². The maximum Gasteiger partial charge on any atom is 0.111 e. The molecule has 168 valence electrons. The van der Waals surface area contributed by atoms with Gasteiger partial charge in [0.25, 0.3) is 0 Å². The van der Waals surface area contributed by atoms with Gasteiger partial charge in [-0.1, -0.05) is 102 Å². The van der Waals surface area contributed by atoms with E-state index in [0.29, 0.717) is 0 Å². The van der Waals surface area contributed by atoms with Gasteiger partial charge in [-0.05, 0) is 25.7 Å². The molecule has 0 aromatic carbocycles. The highest BCUT2D eigenvalue weighted by molar-refractivity contribution is 5.03. The second-order valence-electron chi connectivity index (χ2n) is 8.78. The van der Waals surface area contributed by atoms with Crippen molar-refractivity contribution in [3.63, 3.8) is 0 Å². The number of allylic oxidation sites excluding steroid dienone is 2. The van der Waals surface area contributed by atoms with E-state index in [0.717, 1.165) is 26.1 Å². The zero-order valence-electron chi connectivity index (χ0n) is 19.2. The summed E-state index contributed by atoms with van der Waals surface area (Å²) < 4.78 is 17.5. The summed E-state index contributed by atoms with van der Waals surface area (Å²) in [4.78, 5) is 0. The Bertz CT molecular complexity index is 397. The maximum atomic E-state index is 6.39. The minimum Gasteiger partial charge on any atom is -0.370 e. The van der Waals surface area contributed by atoms with Crippen LogP contribution in [0.4, 0.5) is 0 Å². The molecule has 2 rings (SSSR count). The lowest BCUT2D eigenvalue weighted by atomic mass is 10.1. The van der Waals surface area contributed by atoms with Crippen molar-refractivity contribution < 1.29 is 14.2 Å². The Hall–Kier alpha value is -0.640. The SMILES string of the molecule is CCCCCCCCC=CC(OC(C=CCCCCCCCC)C1CO1)C1CO1. The van der Waals surface area contributed by atoms with Gasteiger partial charge in [-0.2, -0.15) is 0 Å². The first kappa shape index (κ1) is 24.6. The van der Waals surface area contributed by atoms with Crippen LogP contribution < -0.4 is 0 Å². The molecule has 4 unspecified atom stereocenters. The summed E-state index contributed by atoms with van der Waals surface area (Å²) in [6.45, 7) is 6.19. The summed E-state index contributed by atoms with van der Waals surface area (Å²) in [5.74, 6) is 0. The number of hydrogen-bond acceptors (Lipinski definition) is 3. The number of rotatable bonds is 20. The van der Waals surface area contributed by atoms with Gasteiger partial charge in [0.05, 0.1) is 13.2 Å². The Balaban J connectivity index is 1.63. The van der Waals surface area contributed by atoms with Crippen LogP contribution in [-0.2, 0) is 14.2 Å². The predicted molar refractivity (Wildman–Crippen MR) is 122 cm³/mol. The van der Waals surface area contributed by atoms with Gasteiger partial charge in [-0.3, -0.25) is 0 Å².